The van der Waals surface area contributed by atoms with Gasteiger partial charge < -0.3 is 5.32 Å². The van der Waals surface area contributed by atoms with Gasteiger partial charge in [0.2, 0.25) is 0 Å². The molecular formula is C33H40ClN5. The predicted octanol–water partition coefficient (Wildman–Crippen LogP) is 6.46. The molecule has 1 aromatic heterocycles. The Hall–Kier alpha value is -2.96. The third-order valence-electron chi connectivity index (χ3n) is 7.45. The fraction of sp³-hybridized carbons (Fsp3) is 0.364. The molecule has 39 heavy (non-hydrogen) atoms. The Morgan fingerprint density at radius 3 is 1.97 bits per heavy atom. The summed E-state index contributed by atoms with van der Waals surface area (Å²) in [6.07, 6.45) is 0. The minimum absolute atomic E-state index is 0.107. The highest BCUT2D eigenvalue weighted by molar-refractivity contribution is 6.30. The number of nitrogens with zero attached hydrogens (tertiary/aromatic N) is 4. The Morgan fingerprint density at radius 1 is 0.821 bits per heavy atom. The summed E-state index contributed by atoms with van der Waals surface area (Å²) in [6.45, 7) is 13.6. The number of aromatic nitrogens is 2. The van der Waals surface area contributed by atoms with Crippen LogP contribution in [-0.4, -0.2) is 58.8 Å². The van der Waals surface area contributed by atoms with Gasteiger partial charge >= 0.3 is 0 Å². The summed E-state index contributed by atoms with van der Waals surface area (Å²) in [5.41, 5.74) is 5.95. The molecule has 0 aliphatic carbocycles. The van der Waals surface area contributed by atoms with Crippen LogP contribution < -0.4 is 5.32 Å². The summed E-state index contributed by atoms with van der Waals surface area (Å²) in [5.74, 6) is 0. The largest absolute Gasteiger partial charge is 0.310 e. The second-order valence-corrected chi connectivity index (χ2v) is 11.8. The zero-order valence-corrected chi connectivity index (χ0v) is 24.1. The third-order valence-corrected chi connectivity index (χ3v) is 7.70. The van der Waals surface area contributed by atoms with Crippen LogP contribution >= 0.6 is 11.6 Å². The van der Waals surface area contributed by atoms with E-state index in [1.165, 1.54) is 11.1 Å². The lowest BCUT2D eigenvalue weighted by Gasteiger charge is -2.39. The molecule has 6 heteroatoms. The van der Waals surface area contributed by atoms with Crippen LogP contribution in [0, 0.1) is 0 Å². The minimum Gasteiger partial charge on any atom is -0.310 e. The highest BCUT2D eigenvalue weighted by Crippen LogP contribution is 2.30. The Bertz CT molecular complexity index is 1260. The topological polar surface area (TPSA) is 36.3 Å². The van der Waals surface area contributed by atoms with Gasteiger partial charge in [-0.3, -0.25) is 14.5 Å². The number of benzene rings is 3. The van der Waals surface area contributed by atoms with Crippen molar-refractivity contribution < 1.29 is 0 Å². The monoisotopic (exact) mass is 541 g/mol. The van der Waals surface area contributed by atoms with Crippen LogP contribution in [0.3, 0.4) is 0 Å². The van der Waals surface area contributed by atoms with Crippen LogP contribution in [0.2, 0.25) is 5.02 Å². The Labute approximate surface area is 238 Å². The van der Waals surface area contributed by atoms with Gasteiger partial charge in [-0.25, -0.2) is 0 Å². The molecule has 1 aliphatic heterocycles. The first-order valence-electron chi connectivity index (χ1n) is 14.0. The van der Waals surface area contributed by atoms with Gasteiger partial charge in [-0.1, -0.05) is 84.4 Å². The predicted molar refractivity (Wildman–Crippen MR) is 162 cm³/mol. The molecule has 1 saturated heterocycles. The Balaban J connectivity index is 1.15. The van der Waals surface area contributed by atoms with E-state index in [1.54, 1.807) is 0 Å². The minimum atomic E-state index is -0.107. The molecule has 1 fully saturated rings. The van der Waals surface area contributed by atoms with Crippen molar-refractivity contribution in [3.8, 4) is 11.3 Å². The zero-order valence-electron chi connectivity index (χ0n) is 23.4. The zero-order chi connectivity index (χ0) is 27.2. The van der Waals surface area contributed by atoms with Crippen LogP contribution in [0.4, 0.5) is 0 Å². The van der Waals surface area contributed by atoms with Crippen LogP contribution in [0.5, 0.6) is 0 Å². The molecule has 0 unspecified atom stereocenters. The maximum absolute atomic E-state index is 6.12. The van der Waals surface area contributed by atoms with E-state index in [0.717, 1.165) is 67.8 Å². The van der Waals surface area contributed by atoms with E-state index in [2.05, 4.69) is 119 Å². The van der Waals surface area contributed by atoms with Crippen LogP contribution in [0.25, 0.3) is 11.3 Å². The normalized spacial score (nSPS) is 15.2. The number of halogens is 1. The van der Waals surface area contributed by atoms with Gasteiger partial charge in [-0.15, -0.1) is 0 Å². The molecule has 5 nitrogen and oxygen atoms in total. The van der Waals surface area contributed by atoms with Gasteiger partial charge in [0.15, 0.2) is 0 Å². The van der Waals surface area contributed by atoms with E-state index in [-0.39, 0.29) is 5.54 Å². The molecule has 0 atom stereocenters. The molecule has 204 valence electrons. The van der Waals surface area contributed by atoms with Crippen LogP contribution in [-0.2, 0) is 12.1 Å². The standard InChI is InChI=1S/C33H40ClN5/c1-33(2,3)39-31(26-14-16-29(34)17-15-26)24-30(36-39)25-35-18-19-37-20-22-38(23-21-37)32(27-10-6-4-7-11-27)28-12-8-5-9-13-28/h4-17,24,32,35H,18-23,25H2,1-3H3. The van der Waals surface area contributed by atoms with Crippen molar-refractivity contribution in [2.24, 2.45) is 0 Å². The van der Waals surface area contributed by atoms with Crippen LogP contribution in [0.1, 0.15) is 43.6 Å². The van der Waals surface area contributed by atoms with Crippen molar-refractivity contribution in [1.29, 1.82) is 0 Å². The summed E-state index contributed by atoms with van der Waals surface area (Å²) in [6, 6.07) is 32.4. The number of nitrogens with one attached hydrogen (secondary N) is 1. The average Bonchev–Trinajstić information content (AvgIpc) is 3.39. The second-order valence-electron chi connectivity index (χ2n) is 11.4. The number of rotatable bonds is 9. The van der Waals surface area contributed by atoms with Crippen molar-refractivity contribution >= 4 is 11.6 Å². The molecular weight excluding hydrogens is 502 g/mol. The lowest BCUT2D eigenvalue weighted by Crippen LogP contribution is -2.49. The second kappa shape index (κ2) is 12.5. The number of hydrogen-bond acceptors (Lipinski definition) is 4. The summed E-state index contributed by atoms with van der Waals surface area (Å²) < 4.78 is 2.13. The molecule has 1 N–H and O–H groups in total. The summed E-state index contributed by atoms with van der Waals surface area (Å²) in [5, 5.41) is 9.34. The van der Waals surface area contributed by atoms with Crippen molar-refractivity contribution in [3.63, 3.8) is 0 Å². The maximum Gasteiger partial charge on any atom is 0.0769 e. The maximum atomic E-state index is 6.12. The summed E-state index contributed by atoms with van der Waals surface area (Å²) in [7, 11) is 0. The lowest BCUT2D eigenvalue weighted by molar-refractivity contribution is 0.110. The number of hydrogen-bond donors (Lipinski definition) is 1. The lowest BCUT2D eigenvalue weighted by atomic mass is 9.96. The molecule has 0 radical (unpaired) electrons. The van der Waals surface area contributed by atoms with Crippen molar-refractivity contribution in [3.05, 3.63) is 113 Å². The average molecular weight is 542 g/mol. The van der Waals surface area contributed by atoms with E-state index < -0.39 is 0 Å². The molecule has 0 saturated carbocycles. The SMILES string of the molecule is CC(C)(C)n1nc(CNCCN2CCN(C(c3ccccc3)c3ccccc3)CC2)cc1-c1ccc(Cl)cc1. The molecule has 0 amide bonds. The molecule has 3 aromatic carbocycles. The van der Waals surface area contributed by atoms with Crippen molar-refractivity contribution in [2.75, 3.05) is 39.3 Å². The van der Waals surface area contributed by atoms with Gasteiger partial charge in [-0.2, -0.15) is 5.10 Å². The van der Waals surface area contributed by atoms with E-state index >= 15 is 0 Å². The quantitative estimate of drug-likeness (QED) is 0.247. The smallest absolute Gasteiger partial charge is 0.0769 e. The number of piperazine rings is 1. The summed E-state index contributed by atoms with van der Waals surface area (Å²) >= 11 is 6.12. The molecule has 0 bridgehead atoms. The molecule has 4 aromatic rings. The van der Waals surface area contributed by atoms with E-state index in [0.29, 0.717) is 6.04 Å². The van der Waals surface area contributed by atoms with Gasteiger partial charge in [0, 0.05) is 50.8 Å². The fourth-order valence-corrected chi connectivity index (χ4v) is 5.56. The first kappa shape index (κ1) is 27.6. The highest BCUT2D eigenvalue weighted by atomic mass is 35.5. The van der Waals surface area contributed by atoms with Crippen LogP contribution in [0.15, 0.2) is 91.0 Å². The van der Waals surface area contributed by atoms with E-state index in [1.807, 2.05) is 12.1 Å². The van der Waals surface area contributed by atoms with Gasteiger partial charge in [0.1, 0.15) is 0 Å². The fourth-order valence-electron chi connectivity index (χ4n) is 5.44. The molecule has 2 heterocycles. The Kier molecular flexibility index (Phi) is 8.83. The van der Waals surface area contributed by atoms with E-state index in [9.17, 15) is 0 Å². The molecule has 0 spiro atoms. The third kappa shape index (κ3) is 6.98. The summed E-state index contributed by atoms with van der Waals surface area (Å²) in [4.78, 5) is 5.20. The van der Waals surface area contributed by atoms with Crippen molar-refractivity contribution in [2.45, 2.75) is 38.9 Å². The first-order chi connectivity index (χ1) is 18.9. The molecule has 5 rings (SSSR count). The Morgan fingerprint density at radius 2 is 1.41 bits per heavy atom. The van der Waals surface area contributed by atoms with Gasteiger partial charge in [-0.05, 0) is 55.7 Å². The highest BCUT2D eigenvalue weighted by Gasteiger charge is 2.26. The van der Waals surface area contributed by atoms with E-state index in [4.69, 9.17) is 16.7 Å². The van der Waals surface area contributed by atoms with Crippen molar-refractivity contribution in [1.82, 2.24) is 24.9 Å². The van der Waals surface area contributed by atoms with Gasteiger partial charge in [0.05, 0.1) is 23.0 Å². The van der Waals surface area contributed by atoms with Gasteiger partial charge in [0.25, 0.3) is 0 Å². The first-order valence-corrected chi connectivity index (χ1v) is 14.4. The molecule has 1 aliphatic rings.